The summed E-state index contributed by atoms with van der Waals surface area (Å²) in [5.74, 6) is 0. The Morgan fingerprint density at radius 1 is 1.28 bits per heavy atom. The second-order valence-electron chi connectivity index (χ2n) is 4.36. The molecule has 2 nitrogen and oxygen atoms in total. The molecular weight excluding hydrogens is 241 g/mol. The zero-order chi connectivity index (χ0) is 13.8. The number of rotatable bonds is 5. The summed E-state index contributed by atoms with van der Waals surface area (Å²) in [6.07, 6.45) is -3.51. The first-order valence-corrected chi connectivity index (χ1v) is 5.98. The van der Waals surface area contributed by atoms with Gasteiger partial charge in [-0.15, -0.1) is 0 Å². The van der Waals surface area contributed by atoms with E-state index in [1.807, 2.05) is 19.9 Å². The van der Waals surface area contributed by atoms with Crippen LogP contribution in [-0.4, -0.2) is 19.3 Å². The van der Waals surface area contributed by atoms with Crippen LogP contribution in [0.5, 0.6) is 0 Å². The van der Waals surface area contributed by atoms with Gasteiger partial charge in [-0.2, -0.15) is 13.2 Å². The molecule has 0 heterocycles. The first kappa shape index (κ1) is 14.8. The Hall–Kier alpha value is -1.23. The standard InChI is InChI=1S/C13H19F3N2/c1-3-6-18(9-13(14,15)16)12-5-4-11(8-17)7-10(12)2/h4-5,7H,3,6,8-9,17H2,1-2H3. The van der Waals surface area contributed by atoms with Gasteiger partial charge in [0.15, 0.2) is 0 Å². The SMILES string of the molecule is CCCN(CC(F)(F)F)c1ccc(CN)cc1C. The molecule has 0 bridgehead atoms. The summed E-state index contributed by atoms with van der Waals surface area (Å²) in [6, 6.07) is 5.34. The maximum absolute atomic E-state index is 12.5. The Balaban J connectivity index is 2.98. The van der Waals surface area contributed by atoms with Crippen LogP contribution in [0.4, 0.5) is 18.9 Å². The highest BCUT2D eigenvalue weighted by molar-refractivity contribution is 5.54. The highest BCUT2D eigenvalue weighted by atomic mass is 19.4. The van der Waals surface area contributed by atoms with Gasteiger partial charge in [0.25, 0.3) is 0 Å². The summed E-state index contributed by atoms with van der Waals surface area (Å²) in [6.45, 7) is 3.56. The number of hydrogen-bond donors (Lipinski definition) is 1. The fourth-order valence-corrected chi connectivity index (χ4v) is 1.97. The van der Waals surface area contributed by atoms with Crippen molar-refractivity contribution in [3.63, 3.8) is 0 Å². The summed E-state index contributed by atoms with van der Waals surface area (Å²) in [7, 11) is 0. The third-order valence-corrected chi connectivity index (χ3v) is 2.70. The molecule has 2 N–H and O–H groups in total. The molecule has 1 aromatic carbocycles. The molecule has 0 unspecified atom stereocenters. The van der Waals surface area contributed by atoms with Crippen molar-refractivity contribution in [3.8, 4) is 0 Å². The van der Waals surface area contributed by atoms with Crippen molar-refractivity contribution >= 4 is 5.69 Å². The fraction of sp³-hybridized carbons (Fsp3) is 0.538. The van der Waals surface area contributed by atoms with E-state index in [-0.39, 0.29) is 0 Å². The van der Waals surface area contributed by atoms with Crippen LogP contribution in [-0.2, 0) is 6.54 Å². The predicted molar refractivity (Wildman–Crippen MR) is 67.6 cm³/mol. The molecular formula is C13H19F3N2. The van der Waals surface area contributed by atoms with E-state index in [2.05, 4.69) is 0 Å². The van der Waals surface area contributed by atoms with Gasteiger partial charge in [0.05, 0.1) is 0 Å². The zero-order valence-corrected chi connectivity index (χ0v) is 10.7. The summed E-state index contributed by atoms with van der Waals surface area (Å²) in [4.78, 5) is 1.37. The highest BCUT2D eigenvalue weighted by Gasteiger charge is 2.31. The maximum Gasteiger partial charge on any atom is 0.405 e. The van der Waals surface area contributed by atoms with Gasteiger partial charge in [-0.3, -0.25) is 0 Å². The average Bonchev–Trinajstić information content (AvgIpc) is 2.26. The summed E-state index contributed by atoms with van der Waals surface area (Å²) in [5.41, 5.74) is 7.90. The van der Waals surface area contributed by atoms with E-state index in [1.165, 1.54) is 4.90 Å². The van der Waals surface area contributed by atoms with Crippen molar-refractivity contribution in [3.05, 3.63) is 29.3 Å². The largest absolute Gasteiger partial charge is 0.405 e. The van der Waals surface area contributed by atoms with Crippen molar-refractivity contribution < 1.29 is 13.2 Å². The van der Waals surface area contributed by atoms with Crippen molar-refractivity contribution in [2.75, 3.05) is 18.0 Å². The minimum atomic E-state index is -4.19. The second kappa shape index (κ2) is 6.09. The van der Waals surface area contributed by atoms with Gasteiger partial charge in [-0.1, -0.05) is 19.1 Å². The molecule has 5 heteroatoms. The van der Waals surface area contributed by atoms with Crippen LogP contribution in [0.25, 0.3) is 0 Å². The monoisotopic (exact) mass is 260 g/mol. The highest BCUT2D eigenvalue weighted by Crippen LogP contribution is 2.26. The van der Waals surface area contributed by atoms with E-state index in [9.17, 15) is 13.2 Å². The molecule has 0 saturated heterocycles. The molecule has 102 valence electrons. The topological polar surface area (TPSA) is 29.3 Å². The molecule has 0 fully saturated rings. The number of anilines is 1. The summed E-state index contributed by atoms with van der Waals surface area (Å²) >= 11 is 0. The van der Waals surface area contributed by atoms with E-state index in [0.29, 0.717) is 25.2 Å². The number of halogens is 3. The first-order chi connectivity index (χ1) is 8.37. The molecule has 1 rings (SSSR count). The van der Waals surface area contributed by atoms with Crippen LogP contribution in [0.3, 0.4) is 0 Å². The van der Waals surface area contributed by atoms with Crippen LogP contribution >= 0.6 is 0 Å². The van der Waals surface area contributed by atoms with Crippen LogP contribution in [0.2, 0.25) is 0 Å². The number of nitrogens with two attached hydrogens (primary N) is 1. The number of nitrogens with zero attached hydrogens (tertiary/aromatic N) is 1. The molecule has 1 aromatic rings. The molecule has 0 aliphatic carbocycles. The Morgan fingerprint density at radius 2 is 1.94 bits per heavy atom. The number of alkyl halides is 3. The third-order valence-electron chi connectivity index (χ3n) is 2.70. The van der Waals surface area contributed by atoms with Crippen molar-refractivity contribution in [2.24, 2.45) is 5.73 Å². The van der Waals surface area contributed by atoms with Gasteiger partial charge in [0, 0.05) is 18.8 Å². The van der Waals surface area contributed by atoms with Gasteiger partial charge in [0.2, 0.25) is 0 Å². The molecule has 0 amide bonds. The Kier molecular flexibility index (Phi) is 5.02. The number of aryl methyl sites for hydroxylation is 1. The molecule has 0 saturated carbocycles. The Morgan fingerprint density at radius 3 is 2.39 bits per heavy atom. The average molecular weight is 260 g/mol. The molecule has 0 aromatic heterocycles. The van der Waals surface area contributed by atoms with E-state index in [4.69, 9.17) is 5.73 Å². The Bertz CT molecular complexity index is 388. The third kappa shape index (κ3) is 4.22. The van der Waals surface area contributed by atoms with Gasteiger partial charge in [0.1, 0.15) is 6.54 Å². The van der Waals surface area contributed by atoms with E-state index >= 15 is 0 Å². The molecule has 0 radical (unpaired) electrons. The normalized spacial score (nSPS) is 11.7. The molecule has 18 heavy (non-hydrogen) atoms. The summed E-state index contributed by atoms with van der Waals surface area (Å²) < 4.78 is 37.6. The van der Waals surface area contributed by atoms with Crippen LogP contribution in [0.15, 0.2) is 18.2 Å². The molecule has 0 aliphatic heterocycles. The predicted octanol–water partition coefficient (Wildman–Crippen LogP) is 3.23. The minimum absolute atomic E-state index is 0.391. The minimum Gasteiger partial charge on any atom is -0.362 e. The number of benzene rings is 1. The maximum atomic E-state index is 12.5. The van der Waals surface area contributed by atoms with Crippen molar-refractivity contribution in [1.29, 1.82) is 0 Å². The molecule has 0 atom stereocenters. The lowest BCUT2D eigenvalue weighted by Crippen LogP contribution is -2.35. The van der Waals surface area contributed by atoms with E-state index in [1.54, 1.807) is 12.1 Å². The lowest BCUT2D eigenvalue weighted by Gasteiger charge is -2.27. The molecule has 0 aliphatic rings. The lowest BCUT2D eigenvalue weighted by molar-refractivity contribution is -0.119. The van der Waals surface area contributed by atoms with Gasteiger partial charge in [-0.05, 0) is 30.5 Å². The Labute approximate surface area is 106 Å². The number of hydrogen-bond acceptors (Lipinski definition) is 2. The van der Waals surface area contributed by atoms with Crippen molar-refractivity contribution in [1.82, 2.24) is 0 Å². The molecule has 0 spiro atoms. The quantitative estimate of drug-likeness (QED) is 0.880. The van der Waals surface area contributed by atoms with E-state index in [0.717, 1.165) is 11.1 Å². The van der Waals surface area contributed by atoms with Crippen molar-refractivity contribution in [2.45, 2.75) is 33.0 Å². The lowest BCUT2D eigenvalue weighted by atomic mass is 10.1. The zero-order valence-electron chi connectivity index (χ0n) is 10.7. The van der Waals surface area contributed by atoms with Gasteiger partial charge >= 0.3 is 6.18 Å². The van der Waals surface area contributed by atoms with Crippen LogP contribution < -0.4 is 10.6 Å². The fourth-order valence-electron chi connectivity index (χ4n) is 1.97. The summed E-state index contributed by atoms with van der Waals surface area (Å²) in [5, 5.41) is 0. The first-order valence-electron chi connectivity index (χ1n) is 5.98. The van der Waals surface area contributed by atoms with E-state index < -0.39 is 12.7 Å². The van der Waals surface area contributed by atoms with Gasteiger partial charge in [-0.25, -0.2) is 0 Å². The van der Waals surface area contributed by atoms with Crippen LogP contribution in [0, 0.1) is 6.92 Å². The second-order valence-corrected chi connectivity index (χ2v) is 4.36. The van der Waals surface area contributed by atoms with Crippen LogP contribution in [0.1, 0.15) is 24.5 Å². The smallest absolute Gasteiger partial charge is 0.362 e. The van der Waals surface area contributed by atoms with Gasteiger partial charge < -0.3 is 10.6 Å².